The molecule has 0 fully saturated rings. The number of aliphatic hydroxyl groups excluding tert-OH is 1. The Bertz CT molecular complexity index is 626. The number of nitrogens with one attached hydrogen (secondary N) is 1. The molecule has 0 unspecified atom stereocenters. The molecular formula is C17H20N2O3. The Labute approximate surface area is 129 Å². The van der Waals surface area contributed by atoms with Gasteiger partial charge in [-0.3, -0.25) is 4.79 Å². The number of rotatable bonds is 6. The number of hydrogen-bond donors (Lipinski definition) is 3. The van der Waals surface area contributed by atoms with Gasteiger partial charge in [0.2, 0.25) is 5.91 Å². The van der Waals surface area contributed by atoms with E-state index in [0.29, 0.717) is 12.2 Å². The van der Waals surface area contributed by atoms with Gasteiger partial charge in [0, 0.05) is 25.0 Å². The van der Waals surface area contributed by atoms with Gasteiger partial charge in [0.15, 0.2) is 0 Å². The lowest BCUT2D eigenvalue weighted by molar-refractivity contribution is -0.115. The van der Waals surface area contributed by atoms with E-state index in [1.165, 1.54) is 0 Å². The first kappa shape index (κ1) is 15.9. The number of aromatic hydroxyl groups is 1. The molecule has 116 valence electrons. The molecule has 0 aromatic heterocycles. The number of phenolic OH excluding ortho intramolecular Hbond substituents is 1. The molecule has 22 heavy (non-hydrogen) atoms. The number of carbonyl (C=O) groups excluding carboxylic acids is 1. The first-order valence-electron chi connectivity index (χ1n) is 7.08. The van der Waals surface area contributed by atoms with E-state index in [1.807, 2.05) is 36.2 Å². The third-order valence-electron chi connectivity index (χ3n) is 3.30. The quantitative estimate of drug-likeness (QED) is 0.763. The van der Waals surface area contributed by atoms with Gasteiger partial charge in [-0.15, -0.1) is 0 Å². The van der Waals surface area contributed by atoms with Crippen LogP contribution in [0.5, 0.6) is 5.75 Å². The van der Waals surface area contributed by atoms with Gasteiger partial charge in [0.1, 0.15) is 5.75 Å². The predicted octanol–water partition coefficient (Wildman–Crippen LogP) is 2.00. The lowest BCUT2D eigenvalue weighted by Crippen LogP contribution is -2.21. The summed E-state index contributed by atoms with van der Waals surface area (Å²) in [6, 6.07) is 14.1. The second-order valence-corrected chi connectivity index (χ2v) is 5.09. The summed E-state index contributed by atoms with van der Waals surface area (Å²) in [6.45, 7) is 0.655. The van der Waals surface area contributed by atoms with Crippen LogP contribution in [0, 0.1) is 0 Å². The highest BCUT2D eigenvalue weighted by molar-refractivity contribution is 5.92. The fraction of sp³-hybridized carbons (Fsp3) is 0.235. The number of likely N-dealkylation sites (N-methyl/N-ethyl adjacent to an activating group) is 1. The minimum Gasteiger partial charge on any atom is -0.508 e. The average molecular weight is 300 g/mol. The van der Waals surface area contributed by atoms with Gasteiger partial charge in [0.05, 0.1) is 13.0 Å². The molecule has 2 aromatic carbocycles. The van der Waals surface area contributed by atoms with Crippen molar-refractivity contribution in [3.8, 4) is 5.75 Å². The zero-order chi connectivity index (χ0) is 15.9. The smallest absolute Gasteiger partial charge is 0.228 e. The predicted molar refractivity (Wildman–Crippen MR) is 87.2 cm³/mol. The van der Waals surface area contributed by atoms with Gasteiger partial charge in [-0.05, 0) is 42.0 Å². The Kier molecular flexibility index (Phi) is 5.38. The fourth-order valence-corrected chi connectivity index (χ4v) is 2.14. The summed E-state index contributed by atoms with van der Waals surface area (Å²) in [5, 5.41) is 21.1. The molecule has 5 heteroatoms. The molecule has 0 aliphatic heterocycles. The first-order chi connectivity index (χ1) is 10.6. The van der Waals surface area contributed by atoms with Gasteiger partial charge >= 0.3 is 0 Å². The van der Waals surface area contributed by atoms with E-state index >= 15 is 0 Å². The Balaban J connectivity index is 1.94. The third-order valence-corrected chi connectivity index (χ3v) is 3.30. The van der Waals surface area contributed by atoms with Gasteiger partial charge in [0.25, 0.3) is 0 Å². The van der Waals surface area contributed by atoms with E-state index in [-0.39, 0.29) is 24.7 Å². The van der Waals surface area contributed by atoms with Crippen molar-refractivity contribution in [2.75, 3.05) is 30.4 Å². The molecule has 0 saturated carbocycles. The maximum absolute atomic E-state index is 12.0. The monoisotopic (exact) mass is 300 g/mol. The number of carbonyl (C=O) groups is 1. The maximum Gasteiger partial charge on any atom is 0.228 e. The van der Waals surface area contributed by atoms with Crippen molar-refractivity contribution in [3.05, 3.63) is 54.1 Å². The van der Waals surface area contributed by atoms with Gasteiger partial charge in [-0.2, -0.15) is 0 Å². The van der Waals surface area contributed by atoms with Crippen molar-refractivity contribution in [1.29, 1.82) is 0 Å². The van der Waals surface area contributed by atoms with Crippen LogP contribution in [0.3, 0.4) is 0 Å². The molecule has 0 atom stereocenters. The van der Waals surface area contributed by atoms with Crippen molar-refractivity contribution in [3.63, 3.8) is 0 Å². The van der Waals surface area contributed by atoms with Gasteiger partial charge in [-0.25, -0.2) is 0 Å². The van der Waals surface area contributed by atoms with Crippen molar-refractivity contribution in [2.45, 2.75) is 6.42 Å². The molecule has 0 spiro atoms. The normalized spacial score (nSPS) is 10.3. The Morgan fingerprint density at radius 2 is 1.91 bits per heavy atom. The van der Waals surface area contributed by atoms with Crippen LogP contribution < -0.4 is 10.2 Å². The molecular weight excluding hydrogens is 280 g/mol. The molecule has 3 N–H and O–H groups in total. The number of anilines is 2. The van der Waals surface area contributed by atoms with Gasteiger partial charge < -0.3 is 20.4 Å². The van der Waals surface area contributed by atoms with Crippen LogP contribution >= 0.6 is 0 Å². The number of nitrogens with zero attached hydrogens (tertiary/aromatic N) is 1. The van der Waals surface area contributed by atoms with Crippen molar-refractivity contribution < 1.29 is 15.0 Å². The van der Waals surface area contributed by atoms with Crippen molar-refractivity contribution >= 4 is 17.3 Å². The molecule has 0 aliphatic rings. The number of phenols is 1. The highest BCUT2D eigenvalue weighted by Gasteiger charge is 2.06. The van der Waals surface area contributed by atoms with Crippen LogP contribution in [0.25, 0.3) is 0 Å². The molecule has 0 aliphatic carbocycles. The minimum absolute atomic E-state index is 0.0961. The summed E-state index contributed by atoms with van der Waals surface area (Å²) in [6.07, 6.45) is 0.209. The number of hydrogen-bond acceptors (Lipinski definition) is 4. The Morgan fingerprint density at radius 1 is 1.18 bits per heavy atom. The molecule has 5 nitrogen and oxygen atoms in total. The van der Waals surface area contributed by atoms with Crippen LogP contribution in [-0.4, -0.2) is 36.3 Å². The Hall–Kier alpha value is -2.53. The highest BCUT2D eigenvalue weighted by atomic mass is 16.3. The summed E-state index contributed by atoms with van der Waals surface area (Å²) in [4.78, 5) is 13.9. The molecule has 2 aromatic rings. The molecule has 2 rings (SSSR count). The van der Waals surface area contributed by atoms with Crippen LogP contribution in [0.15, 0.2) is 48.5 Å². The number of amides is 1. The van der Waals surface area contributed by atoms with E-state index in [2.05, 4.69) is 5.32 Å². The van der Waals surface area contributed by atoms with E-state index in [0.717, 1.165) is 11.3 Å². The number of aliphatic hydroxyl groups is 1. The fourth-order valence-electron chi connectivity index (χ4n) is 2.14. The van der Waals surface area contributed by atoms with Crippen LogP contribution in [0.4, 0.5) is 11.4 Å². The zero-order valence-corrected chi connectivity index (χ0v) is 12.5. The third kappa shape index (κ3) is 4.49. The highest BCUT2D eigenvalue weighted by Crippen LogP contribution is 2.17. The van der Waals surface area contributed by atoms with Crippen LogP contribution in [0.1, 0.15) is 5.56 Å². The van der Waals surface area contributed by atoms with E-state index < -0.39 is 0 Å². The van der Waals surface area contributed by atoms with Gasteiger partial charge in [-0.1, -0.05) is 12.1 Å². The standard InChI is InChI=1S/C17H20N2O3/c1-19(9-10-20)15-7-5-14(6-8-15)18-17(22)12-13-3-2-4-16(21)11-13/h2-8,11,20-21H,9-10,12H2,1H3,(H,18,22). The average Bonchev–Trinajstić information content (AvgIpc) is 2.48. The van der Waals surface area contributed by atoms with E-state index in [9.17, 15) is 9.90 Å². The lowest BCUT2D eigenvalue weighted by atomic mass is 10.1. The summed E-state index contributed by atoms with van der Waals surface area (Å²) in [5.41, 5.74) is 2.45. The number of benzene rings is 2. The second kappa shape index (κ2) is 7.47. The molecule has 0 bridgehead atoms. The van der Waals surface area contributed by atoms with Crippen molar-refractivity contribution in [2.24, 2.45) is 0 Å². The SMILES string of the molecule is CN(CCO)c1ccc(NC(=O)Cc2cccc(O)c2)cc1. The molecule has 0 saturated heterocycles. The first-order valence-corrected chi connectivity index (χ1v) is 7.08. The summed E-state index contributed by atoms with van der Waals surface area (Å²) in [7, 11) is 1.89. The lowest BCUT2D eigenvalue weighted by Gasteiger charge is -2.18. The maximum atomic E-state index is 12.0. The van der Waals surface area contributed by atoms with Crippen molar-refractivity contribution in [1.82, 2.24) is 0 Å². The van der Waals surface area contributed by atoms with Crippen LogP contribution in [0.2, 0.25) is 0 Å². The second-order valence-electron chi connectivity index (χ2n) is 5.09. The molecule has 0 heterocycles. The Morgan fingerprint density at radius 3 is 2.55 bits per heavy atom. The molecule has 1 amide bonds. The topological polar surface area (TPSA) is 72.8 Å². The van der Waals surface area contributed by atoms with E-state index in [1.54, 1.807) is 24.3 Å². The van der Waals surface area contributed by atoms with E-state index in [4.69, 9.17) is 5.11 Å². The summed E-state index contributed by atoms with van der Waals surface area (Å²) < 4.78 is 0. The van der Waals surface area contributed by atoms with Crippen LogP contribution in [-0.2, 0) is 11.2 Å². The summed E-state index contributed by atoms with van der Waals surface area (Å²) in [5.74, 6) is 0.0173. The summed E-state index contributed by atoms with van der Waals surface area (Å²) >= 11 is 0. The minimum atomic E-state index is -0.137. The largest absolute Gasteiger partial charge is 0.508 e. The molecule has 0 radical (unpaired) electrons. The zero-order valence-electron chi connectivity index (χ0n) is 12.5.